The third-order valence-electron chi connectivity index (χ3n) is 4.28. The van der Waals surface area contributed by atoms with Crippen LogP contribution in [0.4, 0.5) is 0 Å². The lowest BCUT2D eigenvalue weighted by Gasteiger charge is -2.45. The lowest BCUT2D eigenvalue weighted by molar-refractivity contribution is -0.152. The molecule has 0 spiro atoms. The zero-order chi connectivity index (χ0) is 16.6. The Balaban J connectivity index is 2.84. The quantitative estimate of drug-likeness (QED) is 0.784. The minimum absolute atomic E-state index is 0.0560. The average molecular weight is 297 g/mol. The van der Waals surface area contributed by atoms with Gasteiger partial charge in [0.1, 0.15) is 5.92 Å². The third-order valence-corrected chi connectivity index (χ3v) is 4.28. The second-order valence-corrected chi connectivity index (χ2v) is 9.26. The highest BCUT2D eigenvalue weighted by molar-refractivity contribution is 5.97. The Hall–Kier alpha value is -1.06. The first-order valence-electron chi connectivity index (χ1n) is 7.77. The summed E-state index contributed by atoms with van der Waals surface area (Å²) >= 11 is 0. The van der Waals surface area contributed by atoms with Gasteiger partial charge in [-0.3, -0.25) is 9.59 Å². The normalized spacial score (nSPS) is 23.4. The van der Waals surface area contributed by atoms with Gasteiger partial charge < -0.3 is 10.4 Å². The van der Waals surface area contributed by atoms with Gasteiger partial charge in [-0.15, -0.1) is 0 Å². The molecule has 1 rings (SSSR count). The number of nitrogens with one attached hydrogen (secondary N) is 1. The maximum Gasteiger partial charge on any atom is 0.316 e. The molecular formula is C17H31NO3. The first-order valence-corrected chi connectivity index (χ1v) is 7.77. The molecule has 122 valence electrons. The molecule has 0 aromatic heterocycles. The van der Waals surface area contributed by atoms with Crippen LogP contribution in [0.25, 0.3) is 0 Å². The number of carboxylic acids is 1. The zero-order valence-electron chi connectivity index (χ0n) is 14.5. The first kappa shape index (κ1) is 18.0. The van der Waals surface area contributed by atoms with Crippen LogP contribution >= 0.6 is 0 Å². The van der Waals surface area contributed by atoms with Crippen molar-refractivity contribution in [2.24, 2.45) is 22.2 Å². The monoisotopic (exact) mass is 297 g/mol. The lowest BCUT2D eigenvalue weighted by Crippen LogP contribution is -2.50. The van der Waals surface area contributed by atoms with Gasteiger partial charge in [0.2, 0.25) is 5.91 Å². The lowest BCUT2D eigenvalue weighted by atomic mass is 9.63. The van der Waals surface area contributed by atoms with Crippen LogP contribution in [0.2, 0.25) is 0 Å². The summed E-state index contributed by atoms with van der Waals surface area (Å²) in [4.78, 5) is 23.9. The van der Waals surface area contributed by atoms with E-state index in [0.717, 1.165) is 19.3 Å². The first-order chi connectivity index (χ1) is 9.23. The maximum atomic E-state index is 12.4. The second kappa shape index (κ2) is 5.62. The Morgan fingerprint density at radius 2 is 1.52 bits per heavy atom. The Morgan fingerprint density at radius 3 is 1.86 bits per heavy atom. The van der Waals surface area contributed by atoms with Crippen LogP contribution in [-0.2, 0) is 9.59 Å². The molecule has 2 N–H and O–H groups in total. The van der Waals surface area contributed by atoms with Gasteiger partial charge in [-0.05, 0) is 35.5 Å². The predicted molar refractivity (Wildman–Crippen MR) is 83.9 cm³/mol. The molecule has 1 fully saturated rings. The molecule has 1 amide bonds. The Labute approximate surface area is 128 Å². The molecule has 1 unspecified atom stereocenters. The van der Waals surface area contributed by atoms with Crippen molar-refractivity contribution in [2.75, 3.05) is 0 Å². The molecule has 4 nitrogen and oxygen atoms in total. The minimum atomic E-state index is -1.05. The summed E-state index contributed by atoms with van der Waals surface area (Å²) in [6.07, 6.45) is 2.92. The molecule has 0 bridgehead atoms. The van der Waals surface area contributed by atoms with E-state index < -0.39 is 17.3 Å². The number of hydrogen-bond donors (Lipinski definition) is 2. The third kappa shape index (κ3) is 5.01. The van der Waals surface area contributed by atoms with E-state index in [0.29, 0.717) is 0 Å². The topological polar surface area (TPSA) is 66.4 Å². The highest BCUT2D eigenvalue weighted by Crippen LogP contribution is 2.45. The van der Waals surface area contributed by atoms with Gasteiger partial charge in [0, 0.05) is 6.04 Å². The van der Waals surface area contributed by atoms with E-state index in [9.17, 15) is 14.7 Å². The second-order valence-electron chi connectivity index (χ2n) is 9.26. The summed E-state index contributed by atoms with van der Waals surface area (Å²) in [5.74, 6) is -2.41. The number of carbonyl (C=O) groups is 2. The van der Waals surface area contributed by atoms with Crippen molar-refractivity contribution in [2.45, 2.75) is 73.8 Å². The molecule has 0 saturated heterocycles. The smallest absolute Gasteiger partial charge is 0.316 e. The van der Waals surface area contributed by atoms with E-state index in [2.05, 4.69) is 33.0 Å². The molecule has 1 saturated carbocycles. The molecule has 0 aromatic rings. The maximum absolute atomic E-state index is 12.4. The van der Waals surface area contributed by atoms with Crippen molar-refractivity contribution in [3.63, 3.8) is 0 Å². The SMILES string of the molecule is CC1(C)CC(NC(=O)C(C(=O)O)C(C)(C)C)CC(C)(C)C1. The van der Waals surface area contributed by atoms with Crippen molar-refractivity contribution in [1.82, 2.24) is 5.32 Å². The van der Waals surface area contributed by atoms with Crippen LogP contribution < -0.4 is 5.32 Å². The van der Waals surface area contributed by atoms with Crippen LogP contribution in [0.5, 0.6) is 0 Å². The number of carboxylic acid groups (broad SMARTS) is 1. The van der Waals surface area contributed by atoms with Gasteiger partial charge in [0.05, 0.1) is 0 Å². The van der Waals surface area contributed by atoms with E-state index >= 15 is 0 Å². The molecule has 0 heterocycles. The summed E-state index contributed by atoms with van der Waals surface area (Å²) in [6.45, 7) is 14.2. The summed E-state index contributed by atoms with van der Waals surface area (Å²) in [5, 5.41) is 12.4. The molecule has 21 heavy (non-hydrogen) atoms. The van der Waals surface area contributed by atoms with Crippen molar-refractivity contribution < 1.29 is 14.7 Å². The Bertz CT molecular complexity index is 402. The largest absolute Gasteiger partial charge is 0.481 e. The van der Waals surface area contributed by atoms with Gasteiger partial charge in [0.25, 0.3) is 0 Å². The Morgan fingerprint density at radius 1 is 1.10 bits per heavy atom. The van der Waals surface area contributed by atoms with Crippen molar-refractivity contribution in [3.05, 3.63) is 0 Å². The Kier molecular flexibility index (Phi) is 4.81. The van der Waals surface area contributed by atoms with Gasteiger partial charge >= 0.3 is 5.97 Å². The van der Waals surface area contributed by atoms with Crippen LogP contribution in [0, 0.1) is 22.2 Å². The molecular weight excluding hydrogens is 266 g/mol. The van der Waals surface area contributed by atoms with Gasteiger partial charge in [0.15, 0.2) is 0 Å². The van der Waals surface area contributed by atoms with Gasteiger partial charge in [-0.1, -0.05) is 48.5 Å². The van der Waals surface area contributed by atoms with E-state index in [1.54, 1.807) is 20.8 Å². The van der Waals surface area contributed by atoms with Gasteiger partial charge in [-0.2, -0.15) is 0 Å². The van der Waals surface area contributed by atoms with Crippen LogP contribution in [-0.4, -0.2) is 23.0 Å². The number of amides is 1. The fraction of sp³-hybridized carbons (Fsp3) is 0.882. The van der Waals surface area contributed by atoms with Crippen LogP contribution in [0.15, 0.2) is 0 Å². The van der Waals surface area contributed by atoms with E-state index in [-0.39, 0.29) is 22.8 Å². The van der Waals surface area contributed by atoms with Crippen LogP contribution in [0.1, 0.15) is 67.7 Å². The zero-order valence-corrected chi connectivity index (χ0v) is 14.5. The van der Waals surface area contributed by atoms with Crippen molar-refractivity contribution in [1.29, 1.82) is 0 Å². The molecule has 1 aliphatic carbocycles. The number of rotatable bonds is 3. The molecule has 1 atom stereocenters. The summed E-state index contributed by atoms with van der Waals surface area (Å²) in [7, 11) is 0. The molecule has 0 radical (unpaired) electrons. The van der Waals surface area contributed by atoms with Gasteiger partial charge in [-0.25, -0.2) is 0 Å². The highest BCUT2D eigenvalue weighted by atomic mass is 16.4. The highest BCUT2D eigenvalue weighted by Gasteiger charge is 2.42. The minimum Gasteiger partial charge on any atom is -0.481 e. The van der Waals surface area contributed by atoms with Crippen molar-refractivity contribution in [3.8, 4) is 0 Å². The summed E-state index contributed by atoms with van der Waals surface area (Å²) < 4.78 is 0. The van der Waals surface area contributed by atoms with E-state index in [4.69, 9.17) is 0 Å². The van der Waals surface area contributed by atoms with E-state index in [1.807, 2.05) is 0 Å². The van der Waals surface area contributed by atoms with E-state index in [1.165, 1.54) is 0 Å². The fourth-order valence-corrected chi connectivity index (χ4v) is 4.11. The molecule has 1 aliphatic rings. The summed E-state index contributed by atoms with van der Waals surface area (Å²) in [5.41, 5.74) is -0.254. The number of hydrogen-bond acceptors (Lipinski definition) is 2. The predicted octanol–water partition coefficient (Wildman–Crippen LogP) is 3.45. The van der Waals surface area contributed by atoms with Crippen molar-refractivity contribution >= 4 is 11.9 Å². The fourth-order valence-electron chi connectivity index (χ4n) is 4.11. The number of aliphatic carboxylic acids is 1. The summed E-state index contributed by atoms with van der Waals surface area (Å²) in [6, 6.07) is 0.0560. The average Bonchev–Trinajstić information content (AvgIpc) is 2.06. The van der Waals surface area contributed by atoms with Crippen LogP contribution in [0.3, 0.4) is 0 Å². The molecule has 4 heteroatoms. The standard InChI is InChI=1S/C17H31NO3/c1-15(2,3)12(14(20)21)13(19)18-11-8-16(4,5)10-17(6,7)9-11/h11-12H,8-10H2,1-7H3,(H,18,19)(H,20,21). The number of carbonyl (C=O) groups excluding carboxylic acids is 1. The molecule has 0 aromatic carbocycles. The molecule has 0 aliphatic heterocycles.